The summed E-state index contributed by atoms with van der Waals surface area (Å²) in [4.78, 5) is 11.1. The molecule has 1 amide bonds. The van der Waals surface area contributed by atoms with Crippen molar-refractivity contribution in [2.45, 2.75) is 11.8 Å². The van der Waals surface area contributed by atoms with E-state index in [4.69, 9.17) is 11.6 Å². The Morgan fingerprint density at radius 1 is 1.57 bits per heavy atom. The van der Waals surface area contributed by atoms with Gasteiger partial charge >= 0.3 is 0 Å². The van der Waals surface area contributed by atoms with E-state index in [1.54, 1.807) is 25.1 Å². The molecule has 0 fully saturated rings. The van der Waals surface area contributed by atoms with Crippen LogP contribution in [-0.2, 0) is 4.79 Å². The summed E-state index contributed by atoms with van der Waals surface area (Å²) in [7, 11) is 0. The second-order valence-electron chi connectivity index (χ2n) is 2.73. The first kappa shape index (κ1) is 12.0. The van der Waals surface area contributed by atoms with Gasteiger partial charge < -0.3 is 5.32 Å². The van der Waals surface area contributed by atoms with Crippen molar-refractivity contribution in [3.63, 3.8) is 0 Å². The molecule has 1 aromatic rings. The molecule has 1 rings (SSSR count). The number of rotatable bonds is 2. The van der Waals surface area contributed by atoms with Gasteiger partial charge in [0.2, 0.25) is 5.91 Å². The van der Waals surface area contributed by atoms with E-state index in [9.17, 15) is 4.79 Å². The highest BCUT2D eigenvalue weighted by atomic mass is 79.9. The third kappa shape index (κ3) is 3.26. The Kier molecular flexibility index (Phi) is 4.41. The minimum atomic E-state index is -0.218. The zero-order valence-electron chi connectivity index (χ0n) is 7.35. The minimum absolute atomic E-state index is 0.0941. The number of alkyl halides is 1. The zero-order valence-corrected chi connectivity index (χ0v) is 11.3. The number of halogens is 3. The van der Waals surface area contributed by atoms with E-state index in [-0.39, 0.29) is 10.7 Å². The van der Waals surface area contributed by atoms with E-state index in [1.165, 1.54) is 0 Å². The smallest absolute Gasteiger partial charge is 0.237 e. The van der Waals surface area contributed by atoms with Gasteiger partial charge in [-0.15, -0.1) is 0 Å². The second-order valence-corrected chi connectivity index (χ2v) is 5.37. The van der Waals surface area contributed by atoms with Crippen molar-refractivity contribution in [3.8, 4) is 0 Å². The lowest BCUT2D eigenvalue weighted by Gasteiger charge is -2.07. The first-order valence-electron chi connectivity index (χ1n) is 3.90. The van der Waals surface area contributed by atoms with E-state index in [0.717, 1.165) is 4.47 Å². The van der Waals surface area contributed by atoms with Gasteiger partial charge in [0.1, 0.15) is 0 Å². The number of nitrogens with one attached hydrogen (secondary N) is 1. The molecule has 0 saturated heterocycles. The summed E-state index contributed by atoms with van der Waals surface area (Å²) in [5.41, 5.74) is 0.689. The highest BCUT2D eigenvalue weighted by Crippen LogP contribution is 2.25. The van der Waals surface area contributed by atoms with Gasteiger partial charge in [-0.05, 0) is 41.1 Å². The summed E-state index contributed by atoms with van der Waals surface area (Å²) in [6.45, 7) is 1.76. The van der Waals surface area contributed by atoms with Crippen molar-refractivity contribution in [2.24, 2.45) is 0 Å². The predicted octanol–water partition coefficient (Wildman–Crippen LogP) is 3.82. The molecular formula is C9H8Br2ClNO. The van der Waals surface area contributed by atoms with Crippen molar-refractivity contribution < 1.29 is 4.79 Å². The SMILES string of the molecule is C[C@@H](Br)C(=O)Nc1ccc(Br)c(Cl)c1. The van der Waals surface area contributed by atoms with Crippen LogP contribution in [0.2, 0.25) is 5.02 Å². The van der Waals surface area contributed by atoms with Gasteiger partial charge in [0.25, 0.3) is 0 Å². The Bertz CT molecular complexity index is 355. The number of hydrogen-bond donors (Lipinski definition) is 1. The summed E-state index contributed by atoms with van der Waals surface area (Å²) in [5.74, 6) is -0.0941. The average molecular weight is 341 g/mol. The molecule has 5 heteroatoms. The maximum atomic E-state index is 11.3. The van der Waals surface area contributed by atoms with E-state index >= 15 is 0 Å². The van der Waals surface area contributed by atoms with Crippen LogP contribution in [0.4, 0.5) is 5.69 Å². The molecule has 0 aromatic heterocycles. The largest absolute Gasteiger partial charge is 0.325 e. The molecule has 2 nitrogen and oxygen atoms in total. The van der Waals surface area contributed by atoms with Crippen LogP contribution < -0.4 is 5.32 Å². The zero-order chi connectivity index (χ0) is 10.7. The van der Waals surface area contributed by atoms with Gasteiger partial charge in [-0.1, -0.05) is 27.5 Å². The van der Waals surface area contributed by atoms with Crippen LogP contribution in [0.15, 0.2) is 22.7 Å². The molecule has 76 valence electrons. The van der Waals surface area contributed by atoms with Crippen molar-refractivity contribution in [2.75, 3.05) is 5.32 Å². The third-order valence-corrected chi connectivity index (χ3v) is 3.20. The monoisotopic (exact) mass is 339 g/mol. The lowest BCUT2D eigenvalue weighted by atomic mass is 10.3. The van der Waals surface area contributed by atoms with E-state index in [0.29, 0.717) is 10.7 Å². The van der Waals surface area contributed by atoms with Crippen molar-refractivity contribution in [1.82, 2.24) is 0 Å². The Labute approximate surface area is 104 Å². The van der Waals surface area contributed by atoms with Crippen LogP contribution in [0.5, 0.6) is 0 Å². The molecule has 0 bridgehead atoms. The van der Waals surface area contributed by atoms with Crippen molar-refractivity contribution in [1.29, 1.82) is 0 Å². The summed E-state index contributed by atoms with van der Waals surface area (Å²) in [5, 5.41) is 3.29. The molecule has 0 spiro atoms. The van der Waals surface area contributed by atoms with Gasteiger partial charge in [-0.25, -0.2) is 0 Å². The normalized spacial score (nSPS) is 12.3. The van der Waals surface area contributed by atoms with Crippen molar-refractivity contribution >= 4 is 55.1 Å². The molecule has 1 N–H and O–H groups in total. The fraction of sp³-hybridized carbons (Fsp3) is 0.222. The molecule has 0 aliphatic heterocycles. The minimum Gasteiger partial charge on any atom is -0.325 e. The second kappa shape index (κ2) is 5.14. The molecule has 0 aliphatic rings. The summed E-state index contributed by atoms with van der Waals surface area (Å²) >= 11 is 12.3. The Morgan fingerprint density at radius 2 is 2.21 bits per heavy atom. The van der Waals surface area contributed by atoms with Crippen LogP contribution in [0, 0.1) is 0 Å². The number of anilines is 1. The summed E-state index contributed by atoms with van der Waals surface area (Å²) < 4.78 is 0.809. The molecule has 0 radical (unpaired) electrons. The lowest BCUT2D eigenvalue weighted by molar-refractivity contribution is -0.115. The molecule has 1 aromatic carbocycles. The summed E-state index contributed by atoms with van der Waals surface area (Å²) in [6.07, 6.45) is 0. The molecule has 14 heavy (non-hydrogen) atoms. The van der Waals surface area contributed by atoms with Gasteiger partial charge in [0, 0.05) is 10.2 Å². The third-order valence-electron chi connectivity index (χ3n) is 1.55. The highest BCUT2D eigenvalue weighted by Gasteiger charge is 2.09. The maximum Gasteiger partial charge on any atom is 0.237 e. The lowest BCUT2D eigenvalue weighted by Crippen LogP contribution is -2.19. The molecule has 1 atom stereocenters. The number of amides is 1. The fourth-order valence-corrected chi connectivity index (χ4v) is 1.36. The van der Waals surface area contributed by atoms with Crippen LogP contribution >= 0.6 is 43.5 Å². The Morgan fingerprint density at radius 3 is 2.71 bits per heavy atom. The molecule has 0 saturated carbocycles. The first-order valence-corrected chi connectivity index (χ1v) is 5.99. The quantitative estimate of drug-likeness (QED) is 0.814. The van der Waals surface area contributed by atoms with E-state index in [2.05, 4.69) is 37.2 Å². The van der Waals surface area contributed by atoms with Crippen LogP contribution in [0.25, 0.3) is 0 Å². The Hall–Kier alpha value is -0.0600. The van der Waals surface area contributed by atoms with Crippen LogP contribution in [0.3, 0.4) is 0 Å². The molecule has 0 aliphatic carbocycles. The van der Waals surface area contributed by atoms with E-state index < -0.39 is 0 Å². The number of carbonyl (C=O) groups is 1. The van der Waals surface area contributed by atoms with Gasteiger partial charge in [-0.2, -0.15) is 0 Å². The van der Waals surface area contributed by atoms with E-state index in [1.807, 2.05) is 0 Å². The van der Waals surface area contributed by atoms with Crippen molar-refractivity contribution in [3.05, 3.63) is 27.7 Å². The predicted molar refractivity (Wildman–Crippen MR) is 66.2 cm³/mol. The van der Waals surface area contributed by atoms with Gasteiger partial charge in [0.05, 0.1) is 9.85 Å². The molecular weight excluding hydrogens is 333 g/mol. The maximum absolute atomic E-state index is 11.3. The average Bonchev–Trinajstić information content (AvgIpc) is 2.11. The summed E-state index contributed by atoms with van der Waals surface area (Å²) in [6, 6.07) is 5.26. The van der Waals surface area contributed by atoms with Crippen LogP contribution in [0.1, 0.15) is 6.92 Å². The first-order chi connectivity index (χ1) is 6.50. The highest BCUT2D eigenvalue weighted by molar-refractivity contribution is 9.10. The van der Waals surface area contributed by atoms with Crippen LogP contribution in [-0.4, -0.2) is 10.7 Å². The topological polar surface area (TPSA) is 29.1 Å². The molecule has 0 unspecified atom stereocenters. The number of carbonyl (C=O) groups excluding carboxylic acids is 1. The number of hydrogen-bond acceptors (Lipinski definition) is 1. The standard InChI is InChI=1S/C9H8Br2ClNO/c1-5(10)9(14)13-6-2-3-7(11)8(12)4-6/h2-5H,1H3,(H,13,14)/t5-/m1/s1. The Balaban J connectivity index is 2.78. The fourth-order valence-electron chi connectivity index (χ4n) is 0.816. The van der Waals surface area contributed by atoms with Gasteiger partial charge in [-0.3, -0.25) is 4.79 Å². The number of benzene rings is 1. The van der Waals surface area contributed by atoms with Gasteiger partial charge in [0.15, 0.2) is 0 Å². The molecule has 0 heterocycles.